The summed E-state index contributed by atoms with van der Waals surface area (Å²) >= 11 is 1.21. The molecule has 0 saturated carbocycles. The molecular weight excluding hydrogens is 433 g/mol. The molecule has 1 unspecified atom stereocenters. The van der Waals surface area contributed by atoms with Gasteiger partial charge in [-0.15, -0.1) is 11.8 Å². The molecule has 31 heavy (non-hydrogen) atoms. The third-order valence-electron chi connectivity index (χ3n) is 4.88. The summed E-state index contributed by atoms with van der Waals surface area (Å²) in [5.41, 5.74) is -0.197. The van der Waals surface area contributed by atoms with Crippen LogP contribution in [0.1, 0.15) is 18.2 Å². The molecule has 2 amide bonds. The highest BCUT2D eigenvalue weighted by atomic mass is 32.2. The third kappa shape index (κ3) is 6.16. The van der Waals surface area contributed by atoms with Gasteiger partial charge in [-0.05, 0) is 32.0 Å². The highest BCUT2D eigenvalue weighted by Crippen LogP contribution is 2.32. The molecule has 1 fully saturated rings. The van der Waals surface area contributed by atoms with E-state index in [1.807, 2.05) is 4.90 Å². The molecule has 1 saturated heterocycles. The molecule has 0 aliphatic carbocycles. The molecule has 0 bridgehead atoms. The van der Waals surface area contributed by atoms with Crippen LogP contribution < -0.4 is 10.2 Å². The first-order valence-corrected chi connectivity index (χ1v) is 10.7. The average molecular weight is 456 g/mol. The van der Waals surface area contributed by atoms with Gasteiger partial charge in [0.25, 0.3) is 0 Å². The van der Waals surface area contributed by atoms with E-state index in [2.05, 4.69) is 10.5 Å². The average Bonchev–Trinajstić information content (AvgIpc) is 3.15. The van der Waals surface area contributed by atoms with Crippen LogP contribution in [0.25, 0.3) is 0 Å². The van der Waals surface area contributed by atoms with Gasteiger partial charge in [0, 0.05) is 37.9 Å². The summed E-state index contributed by atoms with van der Waals surface area (Å²) in [4.78, 5) is 28.2. The van der Waals surface area contributed by atoms with Crippen molar-refractivity contribution < 1.29 is 27.3 Å². The van der Waals surface area contributed by atoms with Crippen molar-refractivity contribution in [3.8, 4) is 0 Å². The van der Waals surface area contributed by atoms with Crippen molar-refractivity contribution in [2.24, 2.45) is 0 Å². The highest BCUT2D eigenvalue weighted by Gasteiger charge is 2.31. The summed E-state index contributed by atoms with van der Waals surface area (Å²) in [7, 11) is 0. The smallest absolute Gasteiger partial charge is 0.368 e. The fourth-order valence-electron chi connectivity index (χ4n) is 3.11. The van der Waals surface area contributed by atoms with Crippen molar-refractivity contribution in [2.45, 2.75) is 25.3 Å². The van der Waals surface area contributed by atoms with Crippen LogP contribution in [0.2, 0.25) is 0 Å². The van der Waals surface area contributed by atoms with Gasteiger partial charge in [0.15, 0.2) is 5.82 Å². The predicted molar refractivity (Wildman–Crippen MR) is 112 cm³/mol. The quantitative estimate of drug-likeness (QED) is 0.718. The molecule has 1 aromatic heterocycles. The highest BCUT2D eigenvalue weighted by molar-refractivity contribution is 8.01. The molecule has 0 radical (unpaired) electrons. The zero-order valence-corrected chi connectivity index (χ0v) is 17.9. The molecule has 2 heterocycles. The van der Waals surface area contributed by atoms with E-state index >= 15 is 0 Å². The third-order valence-corrected chi connectivity index (χ3v) is 6.00. The summed E-state index contributed by atoms with van der Waals surface area (Å²) in [6.07, 6.45) is -4.39. The minimum absolute atomic E-state index is 0.106. The van der Waals surface area contributed by atoms with E-state index in [-0.39, 0.29) is 17.6 Å². The van der Waals surface area contributed by atoms with E-state index in [1.165, 1.54) is 17.8 Å². The Kier molecular flexibility index (Phi) is 7.14. The first-order valence-electron chi connectivity index (χ1n) is 9.69. The van der Waals surface area contributed by atoms with Crippen molar-refractivity contribution in [1.29, 1.82) is 0 Å². The molecule has 168 valence electrons. The van der Waals surface area contributed by atoms with E-state index in [9.17, 15) is 22.8 Å². The molecule has 1 N–H and O–H groups in total. The van der Waals surface area contributed by atoms with E-state index in [1.54, 1.807) is 30.9 Å². The fraction of sp³-hybridized carbons (Fsp3) is 0.450. The van der Waals surface area contributed by atoms with E-state index < -0.39 is 17.0 Å². The summed E-state index contributed by atoms with van der Waals surface area (Å²) < 4.78 is 43.7. The second-order valence-corrected chi connectivity index (χ2v) is 8.51. The fourth-order valence-corrected chi connectivity index (χ4v) is 3.89. The number of alkyl halides is 3. The number of nitrogens with one attached hydrogen (secondary N) is 1. The number of anilines is 2. The summed E-state index contributed by atoms with van der Waals surface area (Å²) in [5.74, 6) is 0.656. The summed E-state index contributed by atoms with van der Waals surface area (Å²) in [6, 6.07) is 6.80. The number of hydrogen-bond acceptors (Lipinski definition) is 6. The lowest BCUT2D eigenvalue weighted by Gasteiger charge is -2.36. The Labute approximate surface area is 181 Å². The van der Waals surface area contributed by atoms with E-state index in [4.69, 9.17) is 4.52 Å². The van der Waals surface area contributed by atoms with Crippen LogP contribution in [0.5, 0.6) is 0 Å². The molecule has 1 aromatic carbocycles. The van der Waals surface area contributed by atoms with Gasteiger partial charge in [0.05, 0.1) is 16.6 Å². The largest absolute Gasteiger partial charge is 0.416 e. The predicted octanol–water partition coefficient (Wildman–Crippen LogP) is 3.41. The summed E-state index contributed by atoms with van der Waals surface area (Å²) in [6.45, 7) is 5.12. The van der Waals surface area contributed by atoms with Gasteiger partial charge in [-0.3, -0.25) is 9.59 Å². The van der Waals surface area contributed by atoms with Gasteiger partial charge >= 0.3 is 6.18 Å². The number of nitrogens with zero attached hydrogens (tertiary/aromatic N) is 3. The lowest BCUT2D eigenvalue weighted by molar-refractivity contribution is -0.137. The first-order chi connectivity index (χ1) is 14.6. The number of benzene rings is 1. The van der Waals surface area contributed by atoms with Crippen LogP contribution in [0.3, 0.4) is 0 Å². The maximum Gasteiger partial charge on any atom is 0.416 e. The Hall–Kier alpha value is -2.69. The number of carbonyl (C=O) groups excluding carboxylic acids is 2. The van der Waals surface area contributed by atoms with Crippen LogP contribution in [0, 0.1) is 6.92 Å². The number of thioether (sulfide) groups is 1. The van der Waals surface area contributed by atoms with Crippen LogP contribution in [-0.2, 0) is 15.8 Å². The Bertz CT molecular complexity index is 926. The van der Waals surface area contributed by atoms with Crippen molar-refractivity contribution in [1.82, 2.24) is 10.1 Å². The Morgan fingerprint density at radius 2 is 1.94 bits per heavy atom. The molecule has 2 aromatic rings. The molecular formula is C20H23F3N4O3S. The zero-order valence-electron chi connectivity index (χ0n) is 17.1. The monoisotopic (exact) mass is 456 g/mol. The number of halogens is 3. The van der Waals surface area contributed by atoms with Gasteiger partial charge in [0.2, 0.25) is 11.8 Å². The van der Waals surface area contributed by atoms with Crippen LogP contribution in [0.15, 0.2) is 34.9 Å². The lowest BCUT2D eigenvalue weighted by atomic mass is 10.1. The van der Waals surface area contributed by atoms with Gasteiger partial charge in [0.1, 0.15) is 5.76 Å². The van der Waals surface area contributed by atoms with Crippen LogP contribution >= 0.6 is 11.8 Å². The molecule has 1 atom stereocenters. The van der Waals surface area contributed by atoms with E-state index in [0.29, 0.717) is 43.4 Å². The molecule has 0 spiro atoms. The van der Waals surface area contributed by atoms with Crippen LogP contribution in [0.4, 0.5) is 24.7 Å². The molecule has 1 aliphatic rings. The maximum absolute atomic E-state index is 12.9. The molecule has 7 nitrogen and oxygen atoms in total. The second kappa shape index (κ2) is 9.63. The maximum atomic E-state index is 12.9. The Morgan fingerprint density at radius 3 is 2.55 bits per heavy atom. The number of rotatable bonds is 6. The van der Waals surface area contributed by atoms with Gasteiger partial charge in [-0.1, -0.05) is 11.2 Å². The van der Waals surface area contributed by atoms with Crippen molar-refractivity contribution in [2.75, 3.05) is 42.1 Å². The minimum atomic E-state index is -4.39. The molecule has 3 rings (SSSR count). The standard InChI is InChI=1S/C20H23F3N4O3S/c1-13-10-17(25-30-13)24-19(29)14(2)31-12-18(28)27-8-6-26(7-9-27)16-5-3-4-15(11-16)20(21,22)23/h3-5,10-11,14H,6-9,12H2,1-2H3,(H,24,25,29). The van der Waals surface area contributed by atoms with Crippen molar-refractivity contribution in [3.05, 3.63) is 41.7 Å². The van der Waals surface area contributed by atoms with E-state index in [0.717, 1.165) is 12.1 Å². The number of piperazine rings is 1. The zero-order chi connectivity index (χ0) is 22.6. The number of hydrogen-bond donors (Lipinski definition) is 1. The molecule has 11 heteroatoms. The second-order valence-electron chi connectivity index (χ2n) is 7.18. The van der Waals surface area contributed by atoms with Crippen LogP contribution in [-0.4, -0.2) is 59.1 Å². The Balaban J connectivity index is 1.45. The lowest BCUT2D eigenvalue weighted by Crippen LogP contribution is -2.49. The van der Waals surface area contributed by atoms with Crippen molar-refractivity contribution >= 4 is 35.1 Å². The minimum Gasteiger partial charge on any atom is -0.368 e. The van der Waals surface area contributed by atoms with Gasteiger partial charge in [-0.25, -0.2) is 0 Å². The first kappa shape index (κ1) is 23.0. The number of carbonyl (C=O) groups is 2. The molecule has 1 aliphatic heterocycles. The topological polar surface area (TPSA) is 78.7 Å². The SMILES string of the molecule is Cc1cc(NC(=O)C(C)SCC(=O)N2CCN(c3cccc(C(F)(F)F)c3)CC2)no1. The number of aryl methyl sites for hydroxylation is 1. The normalized spacial score (nSPS) is 15.6. The summed E-state index contributed by atoms with van der Waals surface area (Å²) in [5, 5.41) is 5.86. The van der Waals surface area contributed by atoms with Gasteiger partial charge < -0.3 is 19.6 Å². The number of amides is 2. The van der Waals surface area contributed by atoms with Crippen molar-refractivity contribution in [3.63, 3.8) is 0 Å². The number of aromatic nitrogens is 1. The van der Waals surface area contributed by atoms with Gasteiger partial charge in [-0.2, -0.15) is 13.2 Å². The Morgan fingerprint density at radius 1 is 1.23 bits per heavy atom.